The Morgan fingerprint density at radius 1 is 1.41 bits per heavy atom. The number of hydrogen-bond acceptors (Lipinski definition) is 4. The molecule has 1 saturated carbocycles. The van der Waals surface area contributed by atoms with Crippen molar-refractivity contribution in [2.75, 3.05) is 6.54 Å². The quantitative estimate of drug-likeness (QED) is 0.745. The van der Waals surface area contributed by atoms with Crippen molar-refractivity contribution in [3.63, 3.8) is 0 Å². The Bertz CT molecular complexity index is 571. The second-order valence-electron chi connectivity index (χ2n) is 7.21. The molecule has 5 nitrogen and oxygen atoms in total. The van der Waals surface area contributed by atoms with Gasteiger partial charge in [0.1, 0.15) is 6.10 Å². The van der Waals surface area contributed by atoms with Gasteiger partial charge in [0, 0.05) is 30.4 Å². The molecule has 0 aromatic carbocycles. The average Bonchev–Trinajstić information content (AvgIpc) is 2.82. The lowest BCUT2D eigenvalue weighted by Crippen LogP contribution is -2.61. The maximum Gasteiger partial charge on any atom is 0.309 e. The first-order chi connectivity index (χ1) is 10.5. The van der Waals surface area contributed by atoms with E-state index in [9.17, 15) is 14.7 Å². The Morgan fingerprint density at radius 2 is 2.18 bits per heavy atom. The van der Waals surface area contributed by atoms with Crippen LogP contribution in [0.1, 0.15) is 39.5 Å². The summed E-state index contributed by atoms with van der Waals surface area (Å²) in [5.41, 5.74) is -0.463. The Balaban J connectivity index is 1.88. The Labute approximate surface area is 130 Å². The van der Waals surface area contributed by atoms with Crippen LogP contribution in [0.3, 0.4) is 0 Å². The van der Waals surface area contributed by atoms with Crippen molar-refractivity contribution in [3.05, 3.63) is 11.6 Å². The fourth-order valence-electron chi connectivity index (χ4n) is 5.32. The smallest absolute Gasteiger partial charge is 0.309 e. The molecule has 1 amide bonds. The van der Waals surface area contributed by atoms with Crippen molar-refractivity contribution >= 4 is 11.9 Å². The van der Waals surface area contributed by atoms with Crippen molar-refractivity contribution in [1.29, 1.82) is 0 Å². The number of esters is 1. The Hall–Kier alpha value is -1.36. The molecule has 1 aliphatic carbocycles. The fraction of sp³-hybridized carbons (Fsp3) is 0.765. The summed E-state index contributed by atoms with van der Waals surface area (Å²) in [6.07, 6.45) is 5.05. The molecule has 3 aliphatic heterocycles. The minimum Gasteiger partial charge on any atom is -0.461 e. The second-order valence-corrected chi connectivity index (χ2v) is 7.21. The maximum atomic E-state index is 12.4. The van der Waals surface area contributed by atoms with Gasteiger partial charge in [-0.1, -0.05) is 20.3 Å². The number of ether oxygens (including phenoxy) is 1. The number of carbonyl (C=O) groups excluding carboxylic acids is 2. The van der Waals surface area contributed by atoms with Crippen molar-refractivity contribution in [2.24, 2.45) is 23.7 Å². The lowest BCUT2D eigenvalue weighted by Gasteiger charge is -2.51. The van der Waals surface area contributed by atoms with Crippen molar-refractivity contribution in [3.8, 4) is 0 Å². The van der Waals surface area contributed by atoms with Crippen molar-refractivity contribution < 1.29 is 19.4 Å². The van der Waals surface area contributed by atoms with Gasteiger partial charge in [0.25, 0.3) is 0 Å². The van der Waals surface area contributed by atoms with E-state index in [0.717, 1.165) is 31.3 Å². The number of rotatable bonds is 1. The van der Waals surface area contributed by atoms with Crippen molar-refractivity contribution in [1.82, 2.24) is 4.90 Å². The third kappa shape index (κ3) is 1.53. The van der Waals surface area contributed by atoms with Crippen LogP contribution in [0.2, 0.25) is 0 Å². The molecule has 4 rings (SSSR count). The fourth-order valence-corrected chi connectivity index (χ4v) is 5.32. The number of amides is 1. The van der Waals surface area contributed by atoms with Gasteiger partial charge in [-0.3, -0.25) is 9.59 Å². The maximum absolute atomic E-state index is 12.4. The summed E-state index contributed by atoms with van der Waals surface area (Å²) < 4.78 is 5.68. The number of hydrogen-bond donors (Lipinski definition) is 1. The molecule has 1 N–H and O–H groups in total. The first-order valence-electron chi connectivity index (χ1n) is 8.46. The van der Waals surface area contributed by atoms with Crippen LogP contribution < -0.4 is 0 Å². The number of carbonyl (C=O) groups is 2. The molecular weight excluding hydrogens is 282 g/mol. The molecule has 3 fully saturated rings. The third-order valence-electron chi connectivity index (χ3n) is 6.33. The molecule has 0 aromatic rings. The van der Waals surface area contributed by atoms with Crippen LogP contribution in [-0.2, 0) is 14.3 Å². The van der Waals surface area contributed by atoms with Crippen LogP contribution >= 0.6 is 0 Å². The zero-order valence-corrected chi connectivity index (χ0v) is 13.1. The molecule has 6 atom stereocenters. The van der Waals surface area contributed by atoms with E-state index in [-0.39, 0.29) is 41.7 Å². The summed E-state index contributed by atoms with van der Waals surface area (Å²) in [7, 11) is 0. The summed E-state index contributed by atoms with van der Waals surface area (Å²) in [6.45, 7) is 4.54. The molecule has 0 spiro atoms. The number of nitrogens with zero attached hydrogens (tertiary/aromatic N) is 1. The highest BCUT2D eigenvalue weighted by atomic mass is 16.6. The van der Waals surface area contributed by atoms with E-state index in [0.29, 0.717) is 6.54 Å². The van der Waals surface area contributed by atoms with E-state index in [2.05, 4.69) is 6.92 Å². The Morgan fingerprint density at radius 3 is 2.91 bits per heavy atom. The predicted octanol–water partition coefficient (Wildman–Crippen LogP) is 1.46. The summed E-state index contributed by atoms with van der Waals surface area (Å²) in [5, 5.41) is 11.6. The molecule has 0 unspecified atom stereocenters. The first-order valence-corrected chi connectivity index (χ1v) is 8.46. The normalized spacial score (nSPS) is 46.8. The monoisotopic (exact) mass is 305 g/mol. The van der Waals surface area contributed by atoms with Gasteiger partial charge in [-0.05, 0) is 24.8 Å². The third-order valence-corrected chi connectivity index (χ3v) is 6.33. The molecule has 5 heteroatoms. The molecule has 3 heterocycles. The molecular formula is C17H23NO4. The van der Waals surface area contributed by atoms with Crippen LogP contribution in [0.15, 0.2) is 11.6 Å². The van der Waals surface area contributed by atoms with Crippen molar-refractivity contribution in [2.45, 2.75) is 51.4 Å². The van der Waals surface area contributed by atoms with E-state index in [1.807, 2.05) is 6.92 Å². The molecule has 120 valence electrons. The Kier molecular flexibility index (Phi) is 2.96. The first kappa shape index (κ1) is 14.2. The highest BCUT2D eigenvalue weighted by Gasteiger charge is 2.65. The van der Waals surface area contributed by atoms with Gasteiger partial charge in [-0.15, -0.1) is 0 Å². The van der Waals surface area contributed by atoms with Gasteiger partial charge >= 0.3 is 5.97 Å². The standard InChI is InChI=1S/C17H23NO4/c1-3-10-11-6-4-5-7-18-13(19)8-12(17(11,18)21)14-9(2)16(20)22-15(10)14/h8-11,14-15,21H,3-7H2,1-2H3/t9-,10+,11+,14+,15-,17-/m0/s1. The number of aliphatic hydroxyl groups is 1. The van der Waals surface area contributed by atoms with Crippen LogP contribution in [0.5, 0.6) is 0 Å². The van der Waals surface area contributed by atoms with Gasteiger partial charge in [-0.25, -0.2) is 0 Å². The summed E-state index contributed by atoms with van der Waals surface area (Å²) in [4.78, 5) is 26.2. The van der Waals surface area contributed by atoms with Gasteiger partial charge in [0.05, 0.1) is 5.92 Å². The second kappa shape index (κ2) is 4.57. The zero-order valence-electron chi connectivity index (χ0n) is 13.1. The van der Waals surface area contributed by atoms with Crippen LogP contribution in [0, 0.1) is 23.7 Å². The van der Waals surface area contributed by atoms with E-state index in [1.54, 1.807) is 11.0 Å². The van der Waals surface area contributed by atoms with Gasteiger partial charge < -0.3 is 14.7 Å². The van der Waals surface area contributed by atoms with Crippen LogP contribution in [0.4, 0.5) is 0 Å². The van der Waals surface area contributed by atoms with Gasteiger partial charge in [-0.2, -0.15) is 0 Å². The molecule has 2 saturated heterocycles. The molecule has 0 radical (unpaired) electrons. The highest BCUT2D eigenvalue weighted by molar-refractivity contribution is 5.93. The van der Waals surface area contributed by atoms with Gasteiger partial charge in [0.15, 0.2) is 5.72 Å². The topological polar surface area (TPSA) is 66.8 Å². The average molecular weight is 305 g/mol. The van der Waals surface area contributed by atoms with E-state index < -0.39 is 5.72 Å². The SMILES string of the molecule is CC[C@H]1[C@@H]2OC(=O)[C@@H](C)[C@@H]2C2=CC(=O)N3CCCC[C@H]1[C@]23O. The highest BCUT2D eigenvalue weighted by Crippen LogP contribution is 2.57. The molecule has 0 bridgehead atoms. The molecule has 22 heavy (non-hydrogen) atoms. The van der Waals surface area contributed by atoms with E-state index in [4.69, 9.17) is 4.74 Å². The summed E-state index contributed by atoms with van der Waals surface area (Å²) in [6, 6.07) is 0. The lowest BCUT2D eigenvalue weighted by atomic mass is 9.61. The largest absolute Gasteiger partial charge is 0.461 e. The minimum atomic E-state index is -1.20. The van der Waals surface area contributed by atoms with Gasteiger partial charge in [0.2, 0.25) is 5.91 Å². The van der Waals surface area contributed by atoms with E-state index >= 15 is 0 Å². The van der Waals surface area contributed by atoms with Crippen LogP contribution in [-0.4, -0.2) is 40.3 Å². The van der Waals surface area contributed by atoms with Crippen LogP contribution in [0.25, 0.3) is 0 Å². The lowest BCUT2D eigenvalue weighted by molar-refractivity contribution is -0.177. The molecule has 4 aliphatic rings. The van der Waals surface area contributed by atoms with E-state index in [1.165, 1.54) is 0 Å². The zero-order chi connectivity index (χ0) is 15.6. The minimum absolute atomic E-state index is 0.0305. The molecule has 0 aromatic heterocycles. The summed E-state index contributed by atoms with van der Waals surface area (Å²) in [5.74, 6) is -0.659. The number of fused-ring (bicyclic) bond motifs is 2. The predicted molar refractivity (Wildman–Crippen MR) is 78.4 cm³/mol. The summed E-state index contributed by atoms with van der Waals surface area (Å²) >= 11 is 0.